The summed E-state index contributed by atoms with van der Waals surface area (Å²) in [5.74, 6) is 0.766. The lowest BCUT2D eigenvalue weighted by Crippen LogP contribution is -2.04. The predicted molar refractivity (Wildman–Crippen MR) is 73.1 cm³/mol. The molecule has 0 radical (unpaired) electrons. The molecule has 96 valence electrons. The minimum atomic E-state index is 0.567. The second kappa shape index (κ2) is 5.42. The molecule has 0 fully saturated rings. The van der Waals surface area contributed by atoms with Gasteiger partial charge in [-0.15, -0.1) is 0 Å². The Bertz CT molecular complexity index is 551. The van der Waals surface area contributed by atoms with Gasteiger partial charge in [0.05, 0.1) is 19.1 Å². The first-order valence-corrected chi connectivity index (χ1v) is 6.12. The molecule has 0 saturated carbocycles. The molecule has 0 amide bonds. The van der Waals surface area contributed by atoms with Crippen LogP contribution in [-0.4, -0.2) is 23.6 Å². The number of hydrogen-bond donors (Lipinski definition) is 2. The van der Waals surface area contributed by atoms with Gasteiger partial charge in [-0.1, -0.05) is 11.6 Å². The zero-order chi connectivity index (χ0) is 13.1. The molecule has 4 nitrogen and oxygen atoms in total. The van der Waals surface area contributed by atoms with Crippen molar-refractivity contribution in [3.8, 4) is 17.0 Å². The summed E-state index contributed by atoms with van der Waals surface area (Å²) in [7, 11) is 1.64. The zero-order valence-electron chi connectivity index (χ0n) is 10.5. The highest BCUT2D eigenvalue weighted by atomic mass is 35.5. The average molecular weight is 266 g/mol. The average Bonchev–Trinajstić information content (AvgIpc) is 2.80. The van der Waals surface area contributed by atoms with Gasteiger partial charge in [-0.05, 0) is 31.2 Å². The fraction of sp³-hybridized carbons (Fsp3) is 0.308. The number of aryl methyl sites for hydroxylation is 1. The maximum absolute atomic E-state index is 6.17. The smallest absolute Gasteiger partial charge is 0.128 e. The number of halogens is 1. The summed E-state index contributed by atoms with van der Waals surface area (Å²) in [5, 5.41) is 0.701. The maximum Gasteiger partial charge on any atom is 0.128 e. The van der Waals surface area contributed by atoms with Gasteiger partial charge in [0.2, 0.25) is 0 Å². The van der Waals surface area contributed by atoms with Crippen LogP contribution in [0, 0.1) is 6.92 Å². The number of aromatic nitrogens is 2. The molecule has 3 N–H and O–H groups in total. The molecule has 1 heterocycles. The number of nitrogens with zero attached hydrogens (tertiary/aromatic N) is 1. The van der Waals surface area contributed by atoms with Crippen molar-refractivity contribution in [3.05, 3.63) is 34.7 Å². The van der Waals surface area contributed by atoms with E-state index >= 15 is 0 Å². The molecule has 0 bridgehead atoms. The first-order valence-electron chi connectivity index (χ1n) is 5.74. The van der Waals surface area contributed by atoms with E-state index < -0.39 is 0 Å². The summed E-state index contributed by atoms with van der Waals surface area (Å²) in [6.45, 7) is 2.51. The van der Waals surface area contributed by atoms with Crippen molar-refractivity contribution in [1.29, 1.82) is 0 Å². The molecule has 0 aliphatic heterocycles. The van der Waals surface area contributed by atoms with Gasteiger partial charge in [0.1, 0.15) is 5.75 Å². The second-order valence-electron chi connectivity index (χ2n) is 4.07. The molecule has 0 aliphatic carbocycles. The largest absolute Gasteiger partial charge is 0.496 e. The van der Waals surface area contributed by atoms with Crippen LogP contribution in [0.4, 0.5) is 0 Å². The van der Waals surface area contributed by atoms with E-state index in [2.05, 4.69) is 9.97 Å². The Kier molecular flexibility index (Phi) is 3.89. The van der Waals surface area contributed by atoms with Gasteiger partial charge in [-0.3, -0.25) is 0 Å². The summed E-state index contributed by atoms with van der Waals surface area (Å²) < 4.78 is 5.39. The van der Waals surface area contributed by atoms with Crippen molar-refractivity contribution in [2.75, 3.05) is 13.7 Å². The molecular weight excluding hydrogens is 250 g/mol. The summed E-state index contributed by atoms with van der Waals surface area (Å²) in [4.78, 5) is 7.44. The third kappa shape index (κ3) is 2.35. The van der Waals surface area contributed by atoms with E-state index in [1.54, 1.807) is 13.4 Å². The van der Waals surface area contributed by atoms with Crippen LogP contribution in [0.15, 0.2) is 18.5 Å². The van der Waals surface area contributed by atoms with Crippen molar-refractivity contribution in [1.82, 2.24) is 9.97 Å². The van der Waals surface area contributed by atoms with Crippen LogP contribution in [0.3, 0.4) is 0 Å². The van der Waals surface area contributed by atoms with E-state index in [4.69, 9.17) is 22.1 Å². The van der Waals surface area contributed by atoms with Crippen LogP contribution in [-0.2, 0) is 6.42 Å². The fourth-order valence-electron chi connectivity index (χ4n) is 1.90. The minimum absolute atomic E-state index is 0.567. The maximum atomic E-state index is 6.17. The Labute approximate surface area is 111 Å². The topological polar surface area (TPSA) is 63.9 Å². The summed E-state index contributed by atoms with van der Waals surface area (Å²) in [6.07, 6.45) is 2.40. The van der Waals surface area contributed by atoms with Crippen LogP contribution >= 0.6 is 11.6 Å². The molecule has 0 saturated heterocycles. The van der Waals surface area contributed by atoms with Crippen LogP contribution in [0.25, 0.3) is 11.3 Å². The number of ether oxygens (including phenoxy) is 1. The molecule has 2 aromatic rings. The number of methoxy groups -OCH3 is 1. The van der Waals surface area contributed by atoms with Gasteiger partial charge in [0, 0.05) is 22.7 Å². The van der Waals surface area contributed by atoms with Gasteiger partial charge in [-0.25, -0.2) is 4.98 Å². The normalized spacial score (nSPS) is 10.7. The zero-order valence-corrected chi connectivity index (χ0v) is 11.2. The van der Waals surface area contributed by atoms with Crippen molar-refractivity contribution in [2.45, 2.75) is 13.3 Å². The van der Waals surface area contributed by atoms with Crippen LogP contribution in [0.1, 0.15) is 11.3 Å². The van der Waals surface area contributed by atoms with Gasteiger partial charge in [0.15, 0.2) is 0 Å². The van der Waals surface area contributed by atoms with E-state index in [0.717, 1.165) is 34.7 Å². The van der Waals surface area contributed by atoms with Crippen molar-refractivity contribution >= 4 is 11.6 Å². The highest BCUT2D eigenvalue weighted by molar-refractivity contribution is 6.31. The molecule has 18 heavy (non-hydrogen) atoms. The van der Waals surface area contributed by atoms with Gasteiger partial charge in [0.25, 0.3) is 0 Å². The lowest BCUT2D eigenvalue weighted by Gasteiger charge is -2.10. The van der Waals surface area contributed by atoms with E-state index in [1.165, 1.54) is 0 Å². The lowest BCUT2D eigenvalue weighted by atomic mass is 10.1. The number of rotatable bonds is 4. The summed E-state index contributed by atoms with van der Waals surface area (Å²) in [6, 6.07) is 3.80. The number of nitrogens with one attached hydrogen (secondary N) is 1. The van der Waals surface area contributed by atoms with E-state index in [9.17, 15) is 0 Å². The lowest BCUT2D eigenvalue weighted by molar-refractivity contribution is 0.416. The fourth-order valence-corrected chi connectivity index (χ4v) is 2.06. The molecule has 0 atom stereocenters. The summed E-state index contributed by atoms with van der Waals surface area (Å²) in [5.41, 5.74) is 9.30. The molecule has 0 unspecified atom stereocenters. The SMILES string of the molecule is COc1cc(C)c(Cl)cc1-c1nc[nH]c1CCN. The van der Waals surface area contributed by atoms with Crippen molar-refractivity contribution < 1.29 is 4.74 Å². The Morgan fingerprint density at radius 3 is 2.89 bits per heavy atom. The van der Waals surface area contributed by atoms with Crippen LogP contribution in [0.5, 0.6) is 5.75 Å². The first-order chi connectivity index (χ1) is 8.67. The van der Waals surface area contributed by atoms with Crippen LogP contribution in [0.2, 0.25) is 5.02 Å². The molecule has 1 aromatic carbocycles. The predicted octanol–water partition coefficient (Wildman–Crippen LogP) is 2.55. The number of imidazole rings is 1. The molecule has 0 aliphatic rings. The number of nitrogens with two attached hydrogens (primary N) is 1. The molecule has 1 aromatic heterocycles. The number of benzene rings is 1. The monoisotopic (exact) mass is 265 g/mol. The van der Waals surface area contributed by atoms with Crippen molar-refractivity contribution in [2.24, 2.45) is 5.73 Å². The Balaban J connectivity index is 2.55. The van der Waals surface area contributed by atoms with E-state index in [0.29, 0.717) is 11.6 Å². The first kappa shape index (κ1) is 12.9. The molecule has 0 spiro atoms. The number of H-pyrrole nitrogens is 1. The number of hydrogen-bond acceptors (Lipinski definition) is 3. The van der Waals surface area contributed by atoms with Crippen molar-refractivity contribution in [3.63, 3.8) is 0 Å². The number of aromatic amines is 1. The molecular formula is C13H16ClN3O. The molecule has 5 heteroatoms. The Morgan fingerprint density at radius 1 is 1.44 bits per heavy atom. The third-order valence-corrected chi connectivity index (χ3v) is 3.26. The highest BCUT2D eigenvalue weighted by Crippen LogP contribution is 2.35. The Hall–Kier alpha value is -1.52. The Morgan fingerprint density at radius 2 is 2.22 bits per heavy atom. The quantitative estimate of drug-likeness (QED) is 0.893. The van der Waals surface area contributed by atoms with Gasteiger partial charge >= 0.3 is 0 Å². The minimum Gasteiger partial charge on any atom is -0.496 e. The van der Waals surface area contributed by atoms with Gasteiger partial charge in [-0.2, -0.15) is 0 Å². The summed E-state index contributed by atoms with van der Waals surface area (Å²) >= 11 is 6.17. The van der Waals surface area contributed by atoms with E-state index in [-0.39, 0.29) is 0 Å². The standard InChI is InChI=1S/C13H16ClN3O/c1-8-5-12(18-2)9(6-10(8)14)13-11(3-4-15)16-7-17-13/h5-7H,3-4,15H2,1-2H3,(H,16,17). The van der Waals surface area contributed by atoms with Crippen LogP contribution < -0.4 is 10.5 Å². The van der Waals surface area contributed by atoms with Gasteiger partial charge < -0.3 is 15.5 Å². The highest BCUT2D eigenvalue weighted by Gasteiger charge is 2.14. The molecule has 2 rings (SSSR count). The van der Waals surface area contributed by atoms with E-state index in [1.807, 2.05) is 19.1 Å². The third-order valence-electron chi connectivity index (χ3n) is 2.85. The second-order valence-corrected chi connectivity index (χ2v) is 4.48.